The number of hydrogen-bond acceptors (Lipinski definition) is 9. The lowest BCUT2D eigenvalue weighted by Crippen LogP contribution is -2.50. The minimum atomic E-state index is -4.51. The fourth-order valence-electron chi connectivity index (χ4n) is 4.18. The Labute approximate surface area is 241 Å². The molecule has 5 rings (SSSR count). The summed E-state index contributed by atoms with van der Waals surface area (Å²) in [5, 5.41) is 11.2. The fourth-order valence-corrected chi connectivity index (χ4v) is 5.91. The number of piperazine rings is 1. The molecular formula is C26H24F3N7O3S2. The molecule has 0 aliphatic carbocycles. The van der Waals surface area contributed by atoms with E-state index in [1.54, 1.807) is 57.3 Å². The molecule has 0 spiro atoms. The van der Waals surface area contributed by atoms with Crippen LogP contribution < -0.4 is 0 Å². The molecule has 214 valence electrons. The topological polar surface area (TPSA) is 106 Å². The van der Waals surface area contributed by atoms with Crippen molar-refractivity contribution in [3.05, 3.63) is 70.4 Å². The molecule has 2 amide bonds. The lowest BCUT2D eigenvalue weighted by atomic mass is 10.2. The Morgan fingerprint density at radius 3 is 2.49 bits per heavy atom. The van der Waals surface area contributed by atoms with E-state index in [2.05, 4.69) is 20.2 Å². The van der Waals surface area contributed by atoms with Crippen molar-refractivity contribution < 1.29 is 27.5 Å². The highest BCUT2D eigenvalue weighted by atomic mass is 32.2. The molecular weight excluding hydrogens is 579 g/mol. The van der Waals surface area contributed by atoms with Crippen LogP contribution in [-0.4, -0.2) is 79.3 Å². The van der Waals surface area contributed by atoms with E-state index >= 15 is 0 Å². The second-order valence-corrected chi connectivity index (χ2v) is 10.7. The number of thioether (sulfide) groups is 1. The molecule has 0 saturated carbocycles. The van der Waals surface area contributed by atoms with Crippen molar-refractivity contribution in [1.82, 2.24) is 34.5 Å². The molecule has 4 heterocycles. The number of carbonyl (C=O) groups excluding carboxylic acids is 2. The average Bonchev–Trinajstić information content (AvgIpc) is 3.63. The van der Waals surface area contributed by atoms with Crippen LogP contribution in [0.25, 0.3) is 17.1 Å². The zero-order valence-corrected chi connectivity index (χ0v) is 23.4. The van der Waals surface area contributed by atoms with Crippen molar-refractivity contribution in [1.29, 1.82) is 0 Å². The maximum Gasteiger partial charge on any atom is 0.416 e. The van der Waals surface area contributed by atoms with Crippen molar-refractivity contribution in [2.45, 2.75) is 24.0 Å². The maximum atomic E-state index is 13.5. The molecule has 1 saturated heterocycles. The van der Waals surface area contributed by atoms with Gasteiger partial charge < -0.3 is 14.5 Å². The van der Waals surface area contributed by atoms with E-state index in [1.165, 1.54) is 29.2 Å². The number of carbonyl (C=O) groups is 2. The number of ether oxygens (including phenoxy) is 1. The van der Waals surface area contributed by atoms with E-state index in [0.717, 1.165) is 12.1 Å². The second kappa shape index (κ2) is 12.3. The predicted molar refractivity (Wildman–Crippen MR) is 146 cm³/mol. The second-order valence-electron chi connectivity index (χ2n) is 8.82. The monoisotopic (exact) mass is 603 g/mol. The molecule has 15 heteroatoms. The summed E-state index contributed by atoms with van der Waals surface area (Å²) in [5.74, 6) is 0.460. The van der Waals surface area contributed by atoms with Crippen molar-refractivity contribution in [2.75, 3.05) is 32.8 Å². The Morgan fingerprint density at radius 1 is 1.05 bits per heavy atom. The van der Waals surface area contributed by atoms with Crippen LogP contribution in [0.5, 0.6) is 0 Å². The summed E-state index contributed by atoms with van der Waals surface area (Å²) >= 11 is 2.56. The molecule has 0 bridgehead atoms. The van der Waals surface area contributed by atoms with E-state index < -0.39 is 17.8 Å². The Balaban J connectivity index is 1.32. The summed E-state index contributed by atoms with van der Waals surface area (Å²) in [4.78, 5) is 36.6. The van der Waals surface area contributed by atoms with Gasteiger partial charge in [-0.3, -0.25) is 14.3 Å². The summed E-state index contributed by atoms with van der Waals surface area (Å²) in [6.07, 6.45) is -1.77. The number of rotatable bonds is 7. The summed E-state index contributed by atoms with van der Waals surface area (Å²) in [6.45, 7) is 3.53. The lowest BCUT2D eigenvalue weighted by molar-refractivity contribution is -0.137. The highest BCUT2D eigenvalue weighted by molar-refractivity contribution is 7.98. The first-order chi connectivity index (χ1) is 19.7. The zero-order valence-electron chi connectivity index (χ0n) is 21.7. The van der Waals surface area contributed by atoms with Crippen LogP contribution in [0.1, 0.15) is 28.0 Å². The number of alkyl halides is 3. The van der Waals surface area contributed by atoms with Gasteiger partial charge in [0, 0.05) is 49.5 Å². The van der Waals surface area contributed by atoms with Crippen LogP contribution in [0.2, 0.25) is 0 Å². The highest BCUT2D eigenvalue weighted by Gasteiger charge is 2.31. The van der Waals surface area contributed by atoms with Gasteiger partial charge in [-0.05, 0) is 37.3 Å². The maximum absolute atomic E-state index is 13.5. The molecule has 41 heavy (non-hydrogen) atoms. The van der Waals surface area contributed by atoms with Gasteiger partial charge in [0.25, 0.3) is 5.91 Å². The van der Waals surface area contributed by atoms with Gasteiger partial charge >= 0.3 is 12.3 Å². The fraction of sp³-hybridized carbons (Fsp3) is 0.308. The van der Waals surface area contributed by atoms with E-state index in [0.29, 0.717) is 65.8 Å². The van der Waals surface area contributed by atoms with E-state index in [9.17, 15) is 22.8 Å². The van der Waals surface area contributed by atoms with Crippen LogP contribution in [0.15, 0.2) is 59.3 Å². The van der Waals surface area contributed by atoms with E-state index in [1.807, 2.05) is 0 Å². The van der Waals surface area contributed by atoms with Crippen LogP contribution in [-0.2, 0) is 16.7 Å². The molecule has 0 radical (unpaired) electrons. The van der Waals surface area contributed by atoms with Gasteiger partial charge in [0.1, 0.15) is 10.7 Å². The normalized spacial score (nSPS) is 13.9. The van der Waals surface area contributed by atoms with E-state index in [4.69, 9.17) is 4.74 Å². The standard InChI is InChI=1S/C26H24F3N7O3S2/c1-2-39-25(38)35-12-10-34(11-13-35)23(37)20-15-40-21(31-20)16-41-24-33-32-22(17-6-8-30-9-7-17)36(24)19-5-3-4-18(14-19)26(27,28)29/h3-9,14-15H,2,10-13,16H2,1H3. The first kappa shape index (κ1) is 28.5. The molecule has 0 unspecified atom stereocenters. The average molecular weight is 604 g/mol. The molecule has 1 fully saturated rings. The third-order valence-electron chi connectivity index (χ3n) is 6.19. The summed E-state index contributed by atoms with van der Waals surface area (Å²) in [7, 11) is 0. The lowest BCUT2D eigenvalue weighted by Gasteiger charge is -2.33. The number of pyridine rings is 1. The van der Waals surface area contributed by atoms with Gasteiger partial charge in [-0.2, -0.15) is 13.2 Å². The van der Waals surface area contributed by atoms with Gasteiger partial charge in [0.05, 0.1) is 23.6 Å². The number of benzene rings is 1. The SMILES string of the molecule is CCOC(=O)N1CCN(C(=O)c2csc(CSc3nnc(-c4ccncc4)n3-c3cccc(C(F)(F)F)c3)n2)CC1. The van der Waals surface area contributed by atoms with Crippen LogP contribution in [0.4, 0.5) is 18.0 Å². The number of halogens is 3. The number of thiazole rings is 1. The molecule has 1 aromatic carbocycles. The molecule has 1 aliphatic heterocycles. The van der Waals surface area contributed by atoms with Gasteiger partial charge in [0.2, 0.25) is 0 Å². The Hall–Kier alpha value is -3.98. The third kappa shape index (κ3) is 6.51. The highest BCUT2D eigenvalue weighted by Crippen LogP contribution is 2.34. The summed E-state index contributed by atoms with van der Waals surface area (Å²) in [5.41, 5.74) is 0.413. The largest absolute Gasteiger partial charge is 0.450 e. The molecule has 3 aromatic heterocycles. The predicted octanol–water partition coefficient (Wildman–Crippen LogP) is 5.01. The Bertz CT molecular complexity index is 1520. The number of hydrogen-bond donors (Lipinski definition) is 0. The Kier molecular flexibility index (Phi) is 8.54. The zero-order chi connectivity index (χ0) is 29.0. The molecule has 1 aliphatic rings. The minimum absolute atomic E-state index is 0.229. The van der Waals surface area contributed by atoms with Crippen molar-refractivity contribution in [3.8, 4) is 17.1 Å². The number of amides is 2. The number of nitrogens with zero attached hydrogens (tertiary/aromatic N) is 7. The molecule has 0 N–H and O–H groups in total. The van der Waals surface area contributed by atoms with E-state index in [-0.39, 0.29) is 11.6 Å². The molecule has 4 aromatic rings. The van der Waals surface area contributed by atoms with Crippen molar-refractivity contribution in [2.24, 2.45) is 0 Å². The first-order valence-electron chi connectivity index (χ1n) is 12.6. The molecule has 0 atom stereocenters. The van der Waals surface area contributed by atoms with Gasteiger partial charge in [-0.1, -0.05) is 17.8 Å². The van der Waals surface area contributed by atoms with Gasteiger partial charge in [0.15, 0.2) is 11.0 Å². The minimum Gasteiger partial charge on any atom is -0.450 e. The third-order valence-corrected chi connectivity index (χ3v) is 8.16. The van der Waals surface area contributed by atoms with Crippen LogP contribution in [0, 0.1) is 0 Å². The number of aromatic nitrogens is 5. The smallest absolute Gasteiger partial charge is 0.416 e. The summed E-state index contributed by atoms with van der Waals surface area (Å²) < 4.78 is 47.0. The Morgan fingerprint density at radius 2 is 1.78 bits per heavy atom. The van der Waals surface area contributed by atoms with Crippen molar-refractivity contribution in [3.63, 3.8) is 0 Å². The summed E-state index contributed by atoms with van der Waals surface area (Å²) in [6, 6.07) is 8.38. The molecule has 10 nitrogen and oxygen atoms in total. The van der Waals surface area contributed by atoms with Gasteiger partial charge in [-0.25, -0.2) is 9.78 Å². The first-order valence-corrected chi connectivity index (χ1v) is 14.4. The van der Waals surface area contributed by atoms with Crippen LogP contribution >= 0.6 is 23.1 Å². The van der Waals surface area contributed by atoms with Crippen LogP contribution in [0.3, 0.4) is 0 Å². The van der Waals surface area contributed by atoms with Gasteiger partial charge in [-0.15, -0.1) is 21.5 Å². The quantitative estimate of drug-likeness (QED) is 0.272. The van der Waals surface area contributed by atoms with Crippen molar-refractivity contribution >= 4 is 35.1 Å².